The van der Waals surface area contributed by atoms with Crippen molar-refractivity contribution in [2.24, 2.45) is 18.9 Å². The molecule has 0 spiro atoms. The van der Waals surface area contributed by atoms with Crippen molar-refractivity contribution in [1.29, 1.82) is 0 Å². The van der Waals surface area contributed by atoms with E-state index < -0.39 is 0 Å². The summed E-state index contributed by atoms with van der Waals surface area (Å²) < 4.78 is 2.32. The fourth-order valence-electron chi connectivity index (χ4n) is 5.19. The van der Waals surface area contributed by atoms with E-state index in [1.165, 1.54) is 60.9 Å². The predicted octanol–water partition coefficient (Wildman–Crippen LogP) is 5.69. The molecule has 1 nitrogen and oxygen atoms in total. The molecule has 0 N–H and O–H groups in total. The minimum Gasteiger partial charge on any atom is -0.201 e. The van der Waals surface area contributed by atoms with E-state index in [4.69, 9.17) is 0 Å². The number of rotatable bonds is 1. The van der Waals surface area contributed by atoms with Gasteiger partial charge in [0.15, 0.2) is 6.20 Å². The number of benzene rings is 1. The van der Waals surface area contributed by atoms with Gasteiger partial charge >= 0.3 is 0 Å². The first-order chi connectivity index (χ1) is 12.3. The van der Waals surface area contributed by atoms with Gasteiger partial charge in [-0.25, -0.2) is 4.57 Å². The topological polar surface area (TPSA) is 3.88 Å². The lowest BCUT2D eigenvalue weighted by atomic mass is 9.68. The Bertz CT molecular complexity index is 825. The summed E-state index contributed by atoms with van der Waals surface area (Å²) in [7, 11) is 2.20. The van der Waals surface area contributed by atoms with Crippen LogP contribution in [0.4, 0.5) is 0 Å². The highest BCUT2D eigenvalue weighted by atomic mass is 14.9. The largest absolute Gasteiger partial charge is 0.212 e. The SMILES string of the molecule is Cc1cc2c(cc1-c1ccc(C(C)(C)C)c[n+]1C)CC1CCCCC1C2. The van der Waals surface area contributed by atoms with Gasteiger partial charge in [-0.05, 0) is 78.7 Å². The predicted molar refractivity (Wildman–Crippen MR) is 109 cm³/mol. The van der Waals surface area contributed by atoms with E-state index in [1.54, 1.807) is 11.1 Å². The van der Waals surface area contributed by atoms with Crippen LogP contribution in [0.1, 0.15) is 68.7 Å². The molecule has 0 amide bonds. The van der Waals surface area contributed by atoms with Crippen molar-refractivity contribution in [1.82, 2.24) is 0 Å². The van der Waals surface area contributed by atoms with Gasteiger partial charge in [0, 0.05) is 17.2 Å². The van der Waals surface area contributed by atoms with Crippen LogP contribution in [-0.4, -0.2) is 0 Å². The minimum absolute atomic E-state index is 0.192. The first-order valence-electron chi connectivity index (χ1n) is 10.5. The molecule has 1 heterocycles. The highest BCUT2D eigenvalue weighted by Gasteiger charge is 2.31. The monoisotopic (exact) mass is 348 g/mol. The van der Waals surface area contributed by atoms with Gasteiger partial charge in [-0.15, -0.1) is 0 Å². The average molecular weight is 349 g/mol. The van der Waals surface area contributed by atoms with E-state index in [2.05, 4.69) is 69.8 Å². The second-order valence-electron chi connectivity index (χ2n) is 9.81. The zero-order valence-electron chi connectivity index (χ0n) is 17.2. The van der Waals surface area contributed by atoms with E-state index in [-0.39, 0.29) is 5.41 Å². The molecular weight excluding hydrogens is 314 g/mol. The highest BCUT2D eigenvalue weighted by molar-refractivity contribution is 5.64. The summed E-state index contributed by atoms with van der Waals surface area (Å²) in [5.41, 5.74) is 9.01. The fraction of sp³-hybridized carbons (Fsp3) is 0.560. The molecule has 0 radical (unpaired) electrons. The summed E-state index contributed by atoms with van der Waals surface area (Å²) >= 11 is 0. The Morgan fingerprint density at radius 1 is 0.923 bits per heavy atom. The number of hydrogen-bond donors (Lipinski definition) is 0. The summed E-state index contributed by atoms with van der Waals surface area (Å²) in [4.78, 5) is 0. The maximum atomic E-state index is 2.52. The van der Waals surface area contributed by atoms with Gasteiger partial charge in [-0.2, -0.15) is 0 Å². The van der Waals surface area contributed by atoms with Crippen LogP contribution in [-0.2, 0) is 25.3 Å². The first kappa shape index (κ1) is 17.8. The Balaban J connectivity index is 1.72. The van der Waals surface area contributed by atoms with Crippen molar-refractivity contribution >= 4 is 0 Å². The van der Waals surface area contributed by atoms with E-state index in [0.29, 0.717) is 0 Å². The van der Waals surface area contributed by atoms with Gasteiger partial charge in [0.2, 0.25) is 5.69 Å². The van der Waals surface area contributed by atoms with Gasteiger partial charge in [-0.3, -0.25) is 0 Å². The molecule has 1 fully saturated rings. The molecule has 2 aliphatic carbocycles. The quantitative estimate of drug-likeness (QED) is 0.583. The van der Waals surface area contributed by atoms with Crippen LogP contribution in [0.2, 0.25) is 0 Å². The Labute approximate surface area is 159 Å². The number of aromatic nitrogens is 1. The Morgan fingerprint density at radius 3 is 2.12 bits per heavy atom. The van der Waals surface area contributed by atoms with Crippen LogP contribution in [0.5, 0.6) is 0 Å². The Morgan fingerprint density at radius 2 is 1.54 bits per heavy atom. The molecule has 1 saturated carbocycles. The van der Waals surface area contributed by atoms with Crippen LogP contribution in [0, 0.1) is 18.8 Å². The molecule has 2 unspecified atom stereocenters. The second kappa shape index (κ2) is 6.51. The molecular formula is C25H34N+. The van der Waals surface area contributed by atoms with E-state index in [9.17, 15) is 0 Å². The zero-order valence-corrected chi connectivity index (χ0v) is 17.2. The number of hydrogen-bond acceptors (Lipinski definition) is 0. The number of fused-ring (bicyclic) bond motifs is 2. The van der Waals surface area contributed by atoms with Crippen LogP contribution < -0.4 is 4.57 Å². The molecule has 0 saturated heterocycles. The summed E-state index contributed by atoms with van der Waals surface area (Å²) in [5.74, 6) is 1.88. The number of pyridine rings is 1. The third-order valence-electron chi connectivity index (χ3n) is 6.85. The lowest BCUT2D eigenvalue weighted by molar-refractivity contribution is -0.661. The summed E-state index contributed by atoms with van der Waals surface area (Å²) in [6.45, 7) is 9.15. The standard InChI is InChI=1S/C25H34N/c1-17-12-20-13-18-8-6-7-9-19(18)14-21(20)15-23(17)24-11-10-22(16-26(24)5)25(2,3)4/h10-12,15-16,18-19H,6-9,13-14H2,1-5H3/q+1. The molecule has 0 bridgehead atoms. The van der Waals surface area contributed by atoms with Gasteiger partial charge in [0.1, 0.15) is 7.05 Å². The van der Waals surface area contributed by atoms with Crippen LogP contribution in [0.15, 0.2) is 30.5 Å². The van der Waals surface area contributed by atoms with Gasteiger partial charge < -0.3 is 0 Å². The van der Waals surface area contributed by atoms with Crippen molar-refractivity contribution in [2.45, 2.75) is 71.6 Å². The van der Waals surface area contributed by atoms with Crippen LogP contribution in [0.25, 0.3) is 11.3 Å². The van der Waals surface area contributed by atoms with Gasteiger partial charge in [0.05, 0.1) is 0 Å². The molecule has 2 aromatic rings. The van der Waals surface area contributed by atoms with Gasteiger partial charge in [0.25, 0.3) is 0 Å². The van der Waals surface area contributed by atoms with Crippen molar-refractivity contribution in [3.63, 3.8) is 0 Å². The normalized spacial score (nSPS) is 22.7. The zero-order chi connectivity index (χ0) is 18.5. The minimum atomic E-state index is 0.192. The van der Waals surface area contributed by atoms with E-state index in [1.807, 2.05) is 0 Å². The number of nitrogens with zero attached hydrogens (tertiary/aromatic N) is 1. The molecule has 1 aromatic heterocycles. The smallest absolute Gasteiger partial charge is 0.201 e. The van der Waals surface area contributed by atoms with Crippen LogP contribution in [0.3, 0.4) is 0 Å². The summed E-state index contributed by atoms with van der Waals surface area (Å²) in [6, 6.07) is 9.64. The van der Waals surface area contributed by atoms with Gasteiger partial charge in [-0.1, -0.05) is 39.7 Å². The highest BCUT2D eigenvalue weighted by Crippen LogP contribution is 2.41. The maximum absolute atomic E-state index is 2.52. The molecule has 138 valence electrons. The summed E-state index contributed by atoms with van der Waals surface area (Å²) in [6.07, 6.45) is 10.7. The molecule has 2 aliphatic rings. The lowest BCUT2D eigenvalue weighted by Crippen LogP contribution is -2.33. The third-order valence-corrected chi connectivity index (χ3v) is 6.85. The van der Waals surface area contributed by atoms with Crippen LogP contribution >= 0.6 is 0 Å². The number of aryl methyl sites for hydroxylation is 2. The molecule has 4 rings (SSSR count). The molecule has 2 atom stereocenters. The van der Waals surface area contributed by atoms with Crippen molar-refractivity contribution in [3.8, 4) is 11.3 Å². The molecule has 1 heteroatoms. The first-order valence-corrected chi connectivity index (χ1v) is 10.5. The van der Waals surface area contributed by atoms with Crippen molar-refractivity contribution < 1.29 is 4.57 Å². The molecule has 26 heavy (non-hydrogen) atoms. The van der Waals surface area contributed by atoms with Crippen molar-refractivity contribution in [3.05, 3.63) is 52.7 Å². The average Bonchev–Trinajstić information content (AvgIpc) is 2.59. The Kier molecular flexibility index (Phi) is 4.45. The lowest BCUT2D eigenvalue weighted by Gasteiger charge is -2.37. The summed E-state index contributed by atoms with van der Waals surface area (Å²) in [5, 5.41) is 0. The molecule has 1 aromatic carbocycles. The second-order valence-corrected chi connectivity index (χ2v) is 9.81. The van der Waals surface area contributed by atoms with E-state index >= 15 is 0 Å². The molecule has 0 aliphatic heterocycles. The maximum Gasteiger partial charge on any atom is 0.212 e. The fourth-order valence-corrected chi connectivity index (χ4v) is 5.19. The Hall–Kier alpha value is -1.63. The third kappa shape index (κ3) is 3.21. The van der Waals surface area contributed by atoms with E-state index in [0.717, 1.165) is 11.8 Å². The van der Waals surface area contributed by atoms with Crippen molar-refractivity contribution in [2.75, 3.05) is 0 Å².